The van der Waals surface area contributed by atoms with Crippen molar-refractivity contribution in [1.29, 1.82) is 0 Å². The number of ether oxygens (including phenoxy) is 6. The van der Waals surface area contributed by atoms with E-state index in [0.29, 0.717) is 30.1 Å². The van der Waals surface area contributed by atoms with Crippen LogP contribution in [-0.2, 0) is 52.4 Å². The molecular formula is C39H60O13. The van der Waals surface area contributed by atoms with Crippen LogP contribution in [0.2, 0.25) is 0 Å². The maximum atomic E-state index is 13.4. The van der Waals surface area contributed by atoms with Crippen molar-refractivity contribution < 1.29 is 62.6 Å². The molecule has 4 aliphatic carbocycles. The summed E-state index contributed by atoms with van der Waals surface area (Å²) in [6, 6.07) is 0. The number of esters is 5. The number of fused-ring (bicyclic) bond motifs is 5. The predicted octanol–water partition coefficient (Wildman–Crippen LogP) is 4.27. The normalized spacial score (nSPS) is 43.1. The van der Waals surface area contributed by atoms with E-state index in [1.165, 1.54) is 0 Å². The van der Waals surface area contributed by atoms with E-state index in [9.17, 15) is 34.2 Å². The molecule has 4 saturated carbocycles. The SMILES string of the molecule is CC[C@H]1[C@@H](O)C2C3CC[C@H]([C@H](C)CCC(=O)O[C@@H]4O[C@H](C(=O)OC)[C@@H](OC(C)=O)[C@H](OC(C)=O)[C@H]4OC(C)=O)[C@@]3(C)CCC2[C@@]2(C)CC[C@@H](O)C[C@@H]12. The lowest BCUT2D eigenvalue weighted by molar-refractivity contribution is -0.294. The van der Waals surface area contributed by atoms with Gasteiger partial charge in [0.2, 0.25) is 12.4 Å². The van der Waals surface area contributed by atoms with Gasteiger partial charge in [-0.15, -0.1) is 0 Å². The molecule has 0 aromatic heterocycles. The van der Waals surface area contributed by atoms with E-state index in [2.05, 4.69) is 27.7 Å². The lowest BCUT2D eigenvalue weighted by Crippen LogP contribution is -2.64. The number of aliphatic hydroxyl groups excluding tert-OH is 2. The minimum atomic E-state index is -1.67. The largest absolute Gasteiger partial charge is 0.467 e. The fraction of sp³-hybridized carbons (Fsp3) is 0.872. The summed E-state index contributed by atoms with van der Waals surface area (Å²) in [6.45, 7) is 12.4. The number of methoxy groups -OCH3 is 1. The molecule has 5 rings (SSSR count). The molecule has 13 heteroatoms. The molecule has 2 N–H and O–H groups in total. The number of hydrogen-bond donors (Lipinski definition) is 2. The summed E-state index contributed by atoms with van der Waals surface area (Å²) >= 11 is 0. The molecule has 5 aliphatic rings. The van der Waals surface area contributed by atoms with Crippen LogP contribution < -0.4 is 0 Å². The minimum absolute atomic E-state index is 0.00471. The van der Waals surface area contributed by atoms with Crippen molar-refractivity contribution in [3.05, 3.63) is 0 Å². The lowest BCUT2D eigenvalue weighted by Gasteiger charge is -2.64. The highest BCUT2D eigenvalue weighted by Gasteiger charge is 2.65. The van der Waals surface area contributed by atoms with Crippen molar-refractivity contribution in [2.45, 2.75) is 156 Å². The lowest BCUT2D eigenvalue weighted by atomic mass is 9.41. The number of carbonyl (C=O) groups is 5. The summed E-state index contributed by atoms with van der Waals surface area (Å²) in [5.41, 5.74) is 0.119. The van der Waals surface area contributed by atoms with Crippen LogP contribution in [0, 0.1) is 52.3 Å². The summed E-state index contributed by atoms with van der Waals surface area (Å²) in [5, 5.41) is 22.6. The van der Waals surface area contributed by atoms with Gasteiger partial charge < -0.3 is 38.6 Å². The predicted molar refractivity (Wildman–Crippen MR) is 184 cm³/mol. The van der Waals surface area contributed by atoms with Crippen LogP contribution in [0.4, 0.5) is 0 Å². The van der Waals surface area contributed by atoms with Gasteiger partial charge in [-0.1, -0.05) is 34.1 Å². The molecule has 1 aliphatic heterocycles. The van der Waals surface area contributed by atoms with Crippen LogP contribution in [0.25, 0.3) is 0 Å². The highest BCUT2D eigenvalue weighted by atomic mass is 16.7. The monoisotopic (exact) mass is 736 g/mol. The Morgan fingerprint density at radius 2 is 1.38 bits per heavy atom. The molecular weight excluding hydrogens is 676 g/mol. The Hall–Kier alpha value is -2.77. The molecule has 0 radical (unpaired) electrons. The standard InChI is InChI=1S/C39H60O13/c1-9-24-28-18-23(43)14-16-39(28,7)27-15-17-38(6)25(11-12-26(38)30(27)31(24)45)19(2)10-13-29(44)51-37-35(50-22(5)42)33(49-21(4)41)32(48-20(3)40)34(52-37)36(46)47-8/h19,23-28,30-35,37,43,45H,9-18H2,1-8H3/t19-,23-,24-,25-,26?,27?,28+,30?,31-,32+,33+,34+,35-,37-,38-,39-/m1/s1. The zero-order valence-electron chi connectivity index (χ0n) is 32.0. The van der Waals surface area contributed by atoms with E-state index in [1.54, 1.807) is 0 Å². The van der Waals surface area contributed by atoms with Gasteiger partial charge in [-0.05, 0) is 104 Å². The minimum Gasteiger partial charge on any atom is -0.467 e. The highest BCUT2D eigenvalue weighted by Crippen LogP contribution is 2.69. The van der Waals surface area contributed by atoms with Crippen molar-refractivity contribution in [3.8, 4) is 0 Å². The number of aliphatic hydroxyl groups is 2. The van der Waals surface area contributed by atoms with Crippen molar-refractivity contribution in [3.63, 3.8) is 0 Å². The Morgan fingerprint density at radius 3 is 2.00 bits per heavy atom. The number of rotatable bonds is 10. The van der Waals surface area contributed by atoms with Crippen LogP contribution in [0.5, 0.6) is 0 Å². The van der Waals surface area contributed by atoms with Crippen LogP contribution in [0.1, 0.15) is 113 Å². The van der Waals surface area contributed by atoms with E-state index < -0.39 is 66.7 Å². The molecule has 52 heavy (non-hydrogen) atoms. The van der Waals surface area contributed by atoms with E-state index in [0.717, 1.165) is 79.2 Å². The van der Waals surface area contributed by atoms with Crippen molar-refractivity contribution in [2.75, 3.05) is 7.11 Å². The second-order valence-electron chi connectivity index (χ2n) is 16.8. The van der Waals surface area contributed by atoms with E-state index in [4.69, 9.17) is 28.4 Å². The first-order valence-corrected chi connectivity index (χ1v) is 19.3. The summed E-state index contributed by atoms with van der Waals surface area (Å²) in [7, 11) is 1.09. The fourth-order valence-corrected chi connectivity index (χ4v) is 11.8. The van der Waals surface area contributed by atoms with Gasteiger partial charge in [0.15, 0.2) is 18.3 Å². The second-order valence-corrected chi connectivity index (χ2v) is 16.8. The smallest absolute Gasteiger partial charge is 0.339 e. The van der Waals surface area contributed by atoms with Gasteiger partial charge in [0.25, 0.3) is 0 Å². The van der Waals surface area contributed by atoms with Gasteiger partial charge in [-0.2, -0.15) is 0 Å². The molecule has 0 aromatic carbocycles. The van der Waals surface area contributed by atoms with Gasteiger partial charge in [-0.3, -0.25) is 19.2 Å². The molecule has 5 fully saturated rings. The van der Waals surface area contributed by atoms with E-state index in [1.807, 2.05) is 0 Å². The van der Waals surface area contributed by atoms with E-state index in [-0.39, 0.29) is 41.1 Å². The first-order valence-electron chi connectivity index (χ1n) is 19.3. The molecule has 1 heterocycles. The molecule has 0 spiro atoms. The molecule has 0 aromatic rings. The first-order chi connectivity index (χ1) is 24.5. The zero-order valence-corrected chi connectivity index (χ0v) is 32.0. The molecule has 0 amide bonds. The third-order valence-electron chi connectivity index (χ3n) is 14.0. The van der Waals surface area contributed by atoms with Crippen LogP contribution in [0.3, 0.4) is 0 Å². The summed E-state index contributed by atoms with van der Waals surface area (Å²) in [4.78, 5) is 62.4. The Kier molecular flexibility index (Phi) is 12.4. The maximum Gasteiger partial charge on any atom is 0.339 e. The third-order valence-corrected chi connectivity index (χ3v) is 14.0. The van der Waals surface area contributed by atoms with Crippen molar-refractivity contribution in [2.24, 2.45) is 52.3 Å². The number of hydrogen-bond acceptors (Lipinski definition) is 13. The van der Waals surface area contributed by atoms with Gasteiger partial charge >= 0.3 is 29.8 Å². The Labute approximate surface area is 307 Å². The van der Waals surface area contributed by atoms with Gasteiger partial charge in [-0.25, -0.2) is 4.79 Å². The molecule has 294 valence electrons. The van der Waals surface area contributed by atoms with Crippen LogP contribution in [0.15, 0.2) is 0 Å². The fourth-order valence-electron chi connectivity index (χ4n) is 11.8. The van der Waals surface area contributed by atoms with Gasteiger partial charge in [0.05, 0.1) is 19.3 Å². The Balaban J connectivity index is 1.29. The zero-order chi connectivity index (χ0) is 38.3. The van der Waals surface area contributed by atoms with Crippen molar-refractivity contribution in [1.82, 2.24) is 0 Å². The second kappa shape index (κ2) is 15.9. The maximum absolute atomic E-state index is 13.4. The van der Waals surface area contributed by atoms with Gasteiger partial charge in [0.1, 0.15) is 0 Å². The summed E-state index contributed by atoms with van der Waals surface area (Å²) in [5.74, 6) is -2.09. The molecule has 1 saturated heterocycles. The first kappa shape index (κ1) is 40.4. The Bertz CT molecular complexity index is 1350. The van der Waals surface area contributed by atoms with Crippen LogP contribution >= 0.6 is 0 Å². The topological polar surface area (TPSA) is 181 Å². The Morgan fingerprint density at radius 1 is 0.788 bits per heavy atom. The van der Waals surface area contributed by atoms with Crippen molar-refractivity contribution >= 4 is 29.8 Å². The number of carbonyl (C=O) groups excluding carboxylic acids is 5. The average molecular weight is 737 g/mol. The molecule has 13 nitrogen and oxygen atoms in total. The molecule has 16 atom stereocenters. The quantitative estimate of drug-likeness (QED) is 0.240. The molecule has 0 bridgehead atoms. The third kappa shape index (κ3) is 7.60. The highest BCUT2D eigenvalue weighted by molar-refractivity contribution is 5.77. The average Bonchev–Trinajstić information content (AvgIpc) is 3.43. The van der Waals surface area contributed by atoms with Crippen LogP contribution in [-0.4, -0.2) is 90.1 Å². The molecule has 3 unspecified atom stereocenters. The van der Waals surface area contributed by atoms with E-state index >= 15 is 0 Å². The summed E-state index contributed by atoms with van der Waals surface area (Å²) in [6.07, 6.45) is -0.444. The summed E-state index contributed by atoms with van der Waals surface area (Å²) < 4.78 is 32.3. The van der Waals surface area contributed by atoms with Gasteiger partial charge in [0, 0.05) is 27.2 Å².